The molecule has 0 saturated carbocycles. The van der Waals surface area contributed by atoms with Crippen molar-refractivity contribution < 1.29 is 14.7 Å². The molecule has 3 N–H and O–H groups in total. The standard InChI is InChI=1S/C11H19N5O3/c1-11(2,3)16(7-10(18)19)9(17)6-15-5-8(4-12)13-14-15/h5H,4,6-7,12H2,1-3H3,(H,18,19). The molecule has 0 aliphatic carbocycles. The minimum Gasteiger partial charge on any atom is -0.480 e. The summed E-state index contributed by atoms with van der Waals surface area (Å²) in [5.74, 6) is -1.38. The topological polar surface area (TPSA) is 114 Å². The number of amides is 1. The van der Waals surface area contributed by atoms with Crippen molar-refractivity contribution in [1.29, 1.82) is 0 Å². The van der Waals surface area contributed by atoms with Gasteiger partial charge in [-0.05, 0) is 20.8 Å². The van der Waals surface area contributed by atoms with Gasteiger partial charge in [0, 0.05) is 12.1 Å². The fourth-order valence-corrected chi connectivity index (χ4v) is 1.57. The van der Waals surface area contributed by atoms with Crippen molar-refractivity contribution in [2.24, 2.45) is 5.73 Å². The van der Waals surface area contributed by atoms with Crippen molar-refractivity contribution in [3.8, 4) is 0 Å². The van der Waals surface area contributed by atoms with Crippen LogP contribution in [-0.4, -0.2) is 49.0 Å². The highest BCUT2D eigenvalue weighted by Crippen LogP contribution is 2.13. The Morgan fingerprint density at radius 2 is 2.11 bits per heavy atom. The number of hydrogen-bond donors (Lipinski definition) is 2. The van der Waals surface area contributed by atoms with Gasteiger partial charge in [-0.2, -0.15) is 0 Å². The molecule has 0 bridgehead atoms. The maximum absolute atomic E-state index is 12.1. The molecule has 0 fully saturated rings. The molecule has 0 saturated heterocycles. The van der Waals surface area contributed by atoms with Gasteiger partial charge >= 0.3 is 5.97 Å². The Balaban J connectivity index is 2.79. The van der Waals surface area contributed by atoms with E-state index in [-0.39, 0.29) is 25.5 Å². The number of rotatable bonds is 5. The van der Waals surface area contributed by atoms with Crippen LogP contribution in [-0.2, 0) is 22.7 Å². The Hall–Kier alpha value is -1.96. The molecule has 1 rings (SSSR count). The number of carboxylic acid groups (broad SMARTS) is 1. The van der Waals surface area contributed by atoms with Crippen molar-refractivity contribution >= 4 is 11.9 Å². The Morgan fingerprint density at radius 1 is 1.47 bits per heavy atom. The third-order valence-corrected chi connectivity index (χ3v) is 2.50. The van der Waals surface area contributed by atoms with E-state index in [2.05, 4.69) is 10.3 Å². The Bertz CT molecular complexity index is 463. The first kappa shape index (κ1) is 15.1. The molecule has 8 heteroatoms. The van der Waals surface area contributed by atoms with E-state index in [1.165, 1.54) is 9.58 Å². The Kier molecular flexibility index (Phi) is 4.60. The fourth-order valence-electron chi connectivity index (χ4n) is 1.57. The Morgan fingerprint density at radius 3 is 2.53 bits per heavy atom. The zero-order valence-electron chi connectivity index (χ0n) is 11.3. The highest BCUT2D eigenvalue weighted by atomic mass is 16.4. The normalized spacial score (nSPS) is 11.4. The van der Waals surface area contributed by atoms with Gasteiger partial charge in [0.1, 0.15) is 13.1 Å². The van der Waals surface area contributed by atoms with E-state index in [4.69, 9.17) is 10.8 Å². The highest BCUT2D eigenvalue weighted by molar-refractivity contribution is 5.81. The summed E-state index contributed by atoms with van der Waals surface area (Å²) in [5.41, 5.74) is 5.40. The van der Waals surface area contributed by atoms with Crippen molar-refractivity contribution in [1.82, 2.24) is 19.9 Å². The summed E-state index contributed by atoms with van der Waals surface area (Å²) >= 11 is 0. The molecule has 1 amide bonds. The van der Waals surface area contributed by atoms with Gasteiger partial charge in [-0.1, -0.05) is 5.21 Å². The zero-order valence-corrected chi connectivity index (χ0v) is 11.3. The summed E-state index contributed by atoms with van der Waals surface area (Å²) in [5, 5.41) is 16.4. The van der Waals surface area contributed by atoms with Crippen LogP contribution in [0, 0.1) is 0 Å². The summed E-state index contributed by atoms with van der Waals surface area (Å²) in [6, 6.07) is 0. The predicted molar refractivity (Wildman–Crippen MR) is 67.0 cm³/mol. The van der Waals surface area contributed by atoms with Crippen LogP contribution in [0.1, 0.15) is 26.5 Å². The van der Waals surface area contributed by atoms with E-state index >= 15 is 0 Å². The van der Waals surface area contributed by atoms with Crippen LogP contribution in [0.4, 0.5) is 0 Å². The maximum atomic E-state index is 12.1. The SMILES string of the molecule is CC(C)(C)N(CC(=O)O)C(=O)Cn1cc(CN)nn1. The molecule has 19 heavy (non-hydrogen) atoms. The van der Waals surface area contributed by atoms with E-state index in [0.717, 1.165) is 0 Å². The molecule has 0 radical (unpaired) electrons. The van der Waals surface area contributed by atoms with E-state index in [1.54, 1.807) is 27.0 Å². The molecule has 0 atom stereocenters. The smallest absolute Gasteiger partial charge is 0.323 e. The first-order valence-electron chi connectivity index (χ1n) is 5.85. The number of aliphatic carboxylic acids is 1. The molecule has 106 valence electrons. The maximum Gasteiger partial charge on any atom is 0.323 e. The highest BCUT2D eigenvalue weighted by Gasteiger charge is 2.28. The second kappa shape index (κ2) is 5.79. The first-order valence-corrected chi connectivity index (χ1v) is 5.85. The van der Waals surface area contributed by atoms with Crippen molar-refractivity contribution in [2.45, 2.75) is 39.4 Å². The van der Waals surface area contributed by atoms with Crippen LogP contribution in [0.3, 0.4) is 0 Å². The molecule has 1 heterocycles. The van der Waals surface area contributed by atoms with Gasteiger partial charge in [0.25, 0.3) is 0 Å². The third-order valence-electron chi connectivity index (χ3n) is 2.50. The lowest BCUT2D eigenvalue weighted by atomic mass is 10.1. The first-order chi connectivity index (χ1) is 8.74. The van der Waals surface area contributed by atoms with Gasteiger partial charge in [0.2, 0.25) is 5.91 Å². The number of carbonyl (C=O) groups is 2. The predicted octanol–water partition coefficient (Wildman–Crippen LogP) is -0.551. The largest absolute Gasteiger partial charge is 0.480 e. The summed E-state index contributed by atoms with van der Waals surface area (Å²) in [6.45, 7) is 5.17. The molecular weight excluding hydrogens is 250 g/mol. The van der Waals surface area contributed by atoms with Crippen LogP contribution in [0.15, 0.2) is 6.20 Å². The number of hydrogen-bond acceptors (Lipinski definition) is 5. The summed E-state index contributed by atoms with van der Waals surface area (Å²) in [4.78, 5) is 24.2. The fraction of sp³-hybridized carbons (Fsp3) is 0.636. The number of nitrogens with zero attached hydrogens (tertiary/aromatic N) is 4. The number of aromatic nitrogens is 3. The molecule has 0 spiro atoms. The lowest BCUT2D eigenvalue weighted by molar-refractivity contribution is -0.148. The molecule has 0 aliphatic heterocycles. The monoisotopic (exact) mass is 269 g/mol. The van der Waals surface area contributed by atoms with Crippen molar-refractivity contribution in [3.05, 3.63) is 11.9 Å². The quantitative estimate of drug-likeness (QED) is 0.741. The van der Waals surface area contributed by atoms with Gasteiger partial charge in [-0.3, -0.25) is 9.59 Å². The van der Waals surface area contributed by atoms with Crippen molar-refractivity contribution in [3.63, 3.8) is 0 Å². The second-order valence-electron chi connectivity index (χ2n) is 5.16. The van der Waals surface area contributed by atoms with Crippen molar-refractivity contribution in [2.75, 3.05) is 6.54 Å². The Labute approximate surface area is 111 Å². The summed E-state index contributed by atoms with van der Waals surface area (Å²) in [7, 11) is 0. The van der Waals surface area contributed by atoms with E-state index < -0.39 is 11.5 Å². The van der Waals surface area contributed by atoms with Crippen LogP contribution in [0.25, 0.3) is 0 Å². The van der Waals surface area contributed by atoms with Crippen LogP contribution in [0.2, 0.25) is 0 Å². The zero-order chi connectivity index (χ0) is 14.6. The summed E-state index contributed by atoms with van der Waals surface area (Å²) in [6.07, 6.45) is 1.57. The van der Waals surface area contributed by atoms with E-state index in [1.807, 2.05) is 0 Å². The molecule has 0 unspecified atom stereocenters. The van der Waals surface area contributed by atoms with Gasteiger partial charge in [0.15, 0.2) is 0 Å². The lowest BCUT2D eigenvalue weighted by Crippen LogP contribution is -2.49. The number of carboxylic acids is 1. The minimum absolute atomic E-state index is 0.0580. The van der Waals surface area contributed by atoms with E-state index in [9.17, 15) is 9.59 Å². The molecule has 8 nitrogen and oxygen atoms in total. The van der Waals surface area contributed by atoms with Crippen LogP contribution >= 0.6 is 0 Å². The molecule has 1 aromatic rings. The number of nitrogens with two attached hydrogens (primary N) is 1. The minimum atomic E-state index is -1.05. The second-order valence-corrected chi connectivity index (χ2v) is 5.16. The van der Waals surface area contributed by atoms with Gasteiger partial charge in [-0.25, -0.2) is 4.68 Å². The van der Waals surface area contributed by atoms with Crippen LogP contribution < -0.4 is 5.73 Å². The van der Waals surface area contributed by atoms with Crippen LogP contribution in [0.5, 0.6) is 0 Å². The number of carbonyl (C=O) groups excluding carboxylic acids is 1. The average molecular weight is 269 g/mol. The lowest BCUT2D eigenvalue weighted by Gasteiger charge is -2.34. The molecule has 0 aromatic carbocycles. The molecular formula is C11H19N5O3. The molecule has 1 aromatic heterocycles. The average Bonchev–Trinajstić information content (AvgIpc) is 2.71. The third kappa shape index (κ3) is 4.32. The van der Waals surface area contributed by atoms with Gasteiger partial charge in [-0.15, -0.1) is 5.10 Å². The van der Waals surface area contributed by atoms with Gasteiger partial charge in [0.05, 0.1) is 11.9 Å². The van der Waals surface area contributed by atoms with Gasteiger partial charge < -0.3 is 15.7 Å². The molecule has 0 aliphatic rings. The van der Waals surface area contributed by atoms with E-state index in [0.29, 0.717) is 5.69 Å². The summed E-state index contributed by atoms with van der Waals surface area (Å²) < 4.78 is 1.35.